The van der Waals surface area contributed by atoms with Crippen molar-refractivity contribution in [2.75, 3.05) is 5.32 Å². The third kappa shape index (κ3) is 5.95. The minimum Gasteiger partial charge on any atom is -0.481 e. The van der Waals surface area contributed by atoms with Gasteiger partial charge in [-0.3, -0.25) is 9.59 Å². The number of carboxylic acids is 1. The van der Waals surface area contributed by atoms with Gasteiger partial charge in [0, 0.05) is 17.9 Å². The molecular formula is C23H23Cl2F2NO3. The number of hydrogen-bond acceptors (Lipinski definition) is 2. The molecule has 1 aliphatic rings. The van der Waals surface area contributed by atoms with Gasteiger partial charge in [-0.2, -0.15) is 0 Å². The van der Waals surface area contributed by atoms with Gasteiger partial charge in [0.2, 0.25) is 11.8 Å². The maximum Gasteiger partial charge on any atom is 0.306 e. The van der Waals surface area contributed by atoms with E-state index in [-0.39, 0.29) is 30.7 Å². The van der Waals surface area contributed by atoms with E-state index in [0.717, 1.165) is 0 Å². The van der Waals surface area contributed by atoms with Crippen LogP contribution in [-0.2, 0) is 16.0 Å². The van der Waals surface area contributed by atoms with E-state index >= 15 is 0 Å². The quantitative estimate of drug-likeness (QED) is 0.491. The molecule has 1 amide bonds. The number of aliphatic carboxylic acids is 1. The van der Waals surface area contributed by atoms with Crippen molar-refractivity contribution >= 4 is 40.8 Å². The molecule has 2 N–H and O–H groups in total. The summed E-state index contributed by atoms with van der Waals surface area (Å²) in [4.78, 5) is 24.4. The number of carbonyl (C=O) groups excluding carboxylic acids is 1. The molecule has 0 radical (unpaired) electrons. The highest BCUT2D eigenvalue weighted by Crippen LogP contribution is 2.46. The van der Waals surface area contributed by atoms with Crippen LogP contribution >= 0.6 is 23.2 Å². The fraction of sp³-hybridized carbons (Fsp3) is 0.391. The maximum atomic E-state index is 13.9. The molecule has 3 atom stereocenters. The van der Waals surface area contributed by atoms with Crippen molar-refractivity contribution in [2.24, 2.45) is 11.8 Å². The molecule has 31 heavy (non-hydrogen) atoms. The second-order valence-corrected chi connectivity index (χ2v) is 8.98. The van der Waals surface area contributed by atoms with Crippen molar-refractivity contribution in [3.63, 3.8) is 0 Å². The standard InChI is InChI=1S/C23H23Cl2F2NO3/c1-13(22(30)31)10-14-2-7-18(25)19(11-14)28-21(29)20(15-3-5-17(24)6-4-15)16-8-9-23(26,27)12-16/h2-7,11,13,16,20H,8-10,12H2,1H3,(H,28,29)(H,30,31). The second kappa shape index (κ2) is 9.53. The molecule has 0 aliphatic heterocycles. The van der Waals surface area contributed by atoms with Crippen molar-refractivity contribution in [2.45, 2.75) is 44.4 Å². The lowest BCUT2D eigenvalue weighted by atomic mass is 9.84. The van der Waals surface area contributed by atoms with Crippen molar-refractivity contribution in [3.8, 4) is 0 Å². The third-order valence-electron chi connectivity index (χ3n) is 5.68. The first kappa shape index (κ1) is 23.5. The molecule has 4 nitrogen and oxygen atoms in total. The highest BCUT2D eigenvalue weighted by atomic mass is 35.5. The Kier molecular flexibility index (Phi) is 7.22. The summed E-state index contributed by atoms with van der Waals surface area (Å²) in [5, 5.41) is 12.7. The summed E-state index contributed by atoms with van der Waals surface area (Å²) in [5.74, 6) is -6.07. The van der Waals surface area contributed by atoms with Crippen LogP contribution in [0.25, 0.3) is 0 Å². The molecule has 1 saturated carbocycles. The zero-order valence-corrected chi connectivity index (χ0v) is 18.4. The Bertz CT molecular complexity index is 966. The Morgan fingerprint density at radius 1 is 1.19 bits per heavy atom. The van der Waals surface area contributed by atoms with Crippen LogP contribution in [0.4, 0.5) is 14.5 Å². The van der Waals surface area contributed by atoms with E-state index in [2.05, 4.69) is 5.32 Å². The second-order valence-electron chi connectivity index (χ2n) is 8.13. The summed E-state index contributed by atoms with van der Waals surface area (Å²) in [5.41, 5.74) is 1.63. The number of benzene rings is 2. The number of alkyl halides is 2. The first-order valence-corrected chi connectivity index (χ1v) is 10.8. The molecule has 1 fully saturated rings. The third-order valence-corrected chi connectivity index (χ3v) is 6.26. The molecule has 0 spiro atoms. The lowest BCUT2D eigenvalue weighted by Gasteiger charge is -2.24. The lowest BCUT2D eigenvalue weighted by Crippen LogP contribution is -2.27. The Balaban J connectivity index is 1.86. The van der Waals surface area contributed by atoms with Crippen LogP contribution in [-0.4, -0.2) is 22.9 Å². The maximum absolute atomic E-state index is 13.9. The van der Waals surface area contributed by atoms with Gasteiger partial charge in [0.1, 0.15) is 0 Å². The zero-order chi connectivity index (χ0) is 22.8. The van der Waals surface area contributed by atoms with Crippen LogP contribution in [0, 0.1) is 11.8 Å². The fourth-order valence-electron chi connectivity index (χ4n) is 4.02. The summed E-state index contributed by atoms with van der Waals surface area (Å²) < 4.78 is 27.8. The average Bonchev–Trinajstić information content (AvgIpc) is 3.05. The molecule has 8 heteroatoms. The van der Waals surface area contributed by atoms with E-state index in [1.807, 2.05) is 0 Å². The smallest absolute Gasteiger partial charge is 0.306 e. The number of carbonyl (C=O) groups is 2. The summed E-state index contributed by atoms with van der Waals surface area (Å²) in [6.07, 6.45) is -0.113. The number of rotatable bonds is 7. The van der Waals surface area contributed by atoms with E-state index in [9.17, 15) is 18.4 Å². The molecular weight excluding hydrogens is 447 g/mol. The van der Waals surface area contributed by atoms with Gasteiger partial charge in [0.25, 0.3) is 0 Å². The van der Waals surface area contributed by atoms with Crippen molar-refractivity contribution in [3.05, 3.63) is 63.6 Å². The minimum atomic E-state index is -2.79. The van der Waals surface area contributed by atoms with Crippen LogP contribution in [0.15, 0.2) is 42.5 Å². The first-order valence-electron chi connectivity index (χ1n) is 10.0. The number of halogens is 4. The molecule has 0 bridgehead atoms. The van der Waals surface area contributed by atoms with Gasteiger partial charge in [-0.1, -0.05) is 48.3 Å². The molecule has 3 rings (SSSR count). The number of amides is 1. The molecule has 3 unspecified atom stereocenters. The van der Waals surface area contributed by atoms with Gasteiger partial charge in [-0.15, -0.1) is 0 Å². The van der Waals surface area contributed by atoms with Gasteiger partial charge in [-0.25, -0.2) is 8.78 Å². The summed E-state index contributed by atoms with van der Waals surface area (Å²) >= 11 is 12.2. The van der Waals surface area contributed by atoms with Gasteiger partial charge < -0.3 is 10.4 Å². The van der Waals surface area contributed by atoms with Crippen LogP contribution in [0.1, 0.15) is 43.2 Å². The topological polar surface area (TPSA) is 66.4 Å². The monoisotopic (exact) mass is 469 g/mol. The van der Waals surface area contributed by atoms with Crippen LogP contribution in [0.3, 0.4) is 0 Å². The molecule has 2 aromatic carbocycles. The SMILES string of the molecule is CC(Cc1ccc(Cl)c(NC(=O)C(c2ccc(Cl)cc2)C2CCC(F)(F)C2)c1)C(=O)O. The van der Waals surface area contributed by atoms with Crippen LogP contribution in [0.2, 0.25) is 10.0 Å². The van der Waals surface area contributed by atoms with Crippen molar-refractivity contribution in [1.82, 2.24) is 0 Å². The Labute approximate surface area is 189 Å². The Morgan fingerprint density at radius 2 is 1.87 bits per heavy atom. The predicted molar refractivity (Wildman–Crippen MR) is 117 cm³/mol. The molecule has 2 aromatic rings. The predicted octanol–water partition coefficient (Wildman–Crippen LogP) is 6.41. The van der Waals surface area contributed by atoms with E-state index < -0.39 is 35.6 Å². The zero-order valence-electron chi connectivity index (χ0n) is 16.9. The average molecular weight is 470 g/mol. The first-order chi connectivity index (χ1) is 14.6. The Morgan fingerprint density at radius 3 is 2.45 bits per heavy atom. The fourth-order valence-corrected chi connectivity index (χ4v) is 4.31. The largest absolute Gasteiger partial charge is 0.481 e. The highest BCUT2D eigenvalue weighted by molar-refractivity contribution is 6.33. The number of carboxylic acid groups (broad SMARTS) is 1. The van der Waals surface area contributed by atoms with E-state index in [0.29, 0.717) is 21.8 Å². The van der Waals surface area contributed by atoms with E-state index in [4.69, 9.17) is 28.3 Å². The number of hydrogen-bond donors (Lipinski definition) is 2. The number of anilines is 1. The van der Waals surface area contributed by atoms with Crippen molar-refractivity contribution in [1.29, 1.82) is 0 Å². The molecule has 1 aliphatic carbocycles. The molecule has 0 aromatic heterocycles. The Hall–Kier alpha value is -2.18. The molecule has 0 saturated heterocycles. The summed E-state index contributed by atoms with van der Waals surface area (Å²) in [7, 11) is 0. The summed E-state index contributed by atoms with van der Waals surface area (Å²) in [6, 6.07) is 11.5. The van der Waals surface area contributed by atoms with Gasteiger partial charge in [0.15, 0.2) is 0 Å². The molecule has 0 heterocycles. The van der Waals surface area contributed by atoms with Gasteiger partial charge in [-0.05, 0) is 54.2 Å². The van der Waals surface area contributed by atoms with Crippen molar-refractivity contribution < 1.29 is 23.5 Å². The summed E-state index contributed by atoms with van der Waals surface area (Å²) in [6.45, 7) is 1.59. The van der Waals surface area contributed by atoms with Crippen LogP contribution < -0.4 is 5.32 Å². The van der Waals surface area contributed by atoms with E-state index in [1.165, 1.54) is 0 Å². The van der Waals surface area contributed by atoms with E-state index in [1.54, 1.807) is 49.4 Å². The highest BCUT2D eigenvalue weighted by Gasteiger charge is 2.45. The van der Waals surface area contributed by atoms with Crippen LogP contribution in [0.5, 0.6) is 0 Å². The lowest BCUT2D eigenvalue weighted by molar-refractivity contribution is -0.141. The normalized spacial score (nSPS) is 19.6. The molecule has 166 valence electrons. The minimum absolute atomic E-state index is 0.234. The van der Waals surface area contributed by atoms with Gasteiger partial charge >= 0.3 is 5.97 Å². The van der Waals surface area contributed by atoms with Gasteiger partial charge in [0.05, 0.1) is 22.5 Å². The number of nitrogens with one attached hydrogen (secondary N) is 1.